The molecule has 0 heterocycles. The molecule has 5 heteroatoms. The highest BCUT2D eigenvalue weighted by Gasteiger charge is 2.54. The summed E-state index contributed by atoms with van der Waals surface area (Å²) in [5.74, 6) is -2.72. The molecule has 0 saturated carbocycles. The van der Waals surface area contributed by atoms with Crippen LogP contribution in [0.25, 0.3) is 0 Å². The van der Waals surface area contributed by atoms with E-state index in [1.165, 1.54) is 14.2 Å². The highest BCUT2D eigenvalue weighted by Crippen LogP contribution is 2.34. The minimum atomic E-state index is -1.80. The second-order valence-electron chi connectivity index (χ2n) is 3.37. The van der Waals surface area contributed by atoms with Crippen LogP contribution >= 0.6 is 15.9 Å². The van der Waals surface area contributed by atoms with Crippen molar-refractivity contribution in [3.8, 4) is 0 Å². The Morgan fingerprint density at radius 2 is 1.62 bits per heavy atom. The molecule has 0 fully saturated rings. The summed E-state index contributed by atoms with van der Waals surface area (Å²) < 4.78 is 10.6. The fraction of sp³-hybridized carbons (Fsp3) is 0.273. The molecular formula is C11H9BrO4. The number of benzene rings is 1. The predicted octanol–water partition coefficient (Wildman–Crippen LogP) is 1.82. The van der Waals surface area contributed by atoms with E-state index in [1.54, 1.807) is 18.2 Å². The standard InChI is InChI=1S/C11H9BrO4/c1-15-11(16-2)9(13)7-4-3-6(12)5-8(7)10(11)14/h3-5H,1-2H3. The zero-order valence-electron chi connectivity index (χ0n) is 8.74. The molecule has 0 unspecified atom stereocenters. The number of Topliss-reactive ketones (excluding diaryl/α,β-unsaturated/α-hetero) is 2. The third-order valence-electron chi connectivity index (χ3n) is 2.64. The Balaban J connectivity index is 2.65. The molecule has 0 saturated heterocycles. The van der Waals surface area contributed by atoms with Crippen LogP contribution in [-0.4, -0.2) is 31.6 Å². The normalized spacial score (nSPS) is 17.7. The van der Waals surface area contributed by atoms with Crippen LogP contribution in [0.2, 0.25) is 0 Å². The van der Waals surface area contributed by atoms with Gasteiger partial charge in [0, 0.05) is 29.8 Å². The van der Waals surface area contributed by atoms with Crippen molar-refractivity contribution < 1.29 is 19.1 Å². The third-order valence-corrected chi connectivity index (χ3v) is 3.14. The van der Waals surface area contributed by atoms with E-state index in [-0.39, 0.29) is 0 Å². The quantitative estimate of drug-likeness (QED) is 0.614. The number of carbonyl (C=O) groups is 2. The summed E-state index contributed by atoms with van der Waals surface area (Å²) in [5.41, 5.74) is 0.653. The molecule has 0 amide bonds. The van der Waals surface area contributed by atoms with Gasteiger partial charge in [-0.15, -0.1) is 0 Å². The van der Waals surface area contributed by atoms with Crippen LogP contribution in [0.15, 0.2) is 22.7 Å². The maximum Gasteiger partial charge on any atom is 0.299 e. The maximum atomic E-state index is 12.1. The number of carbonyl (C=O) groups excluding carboxylic acids is 2. The van der Waals surface area contributed by atoms with Gasteiger partial charge in [0.05, 0.1) is 0 Å². The Morgan fingerprint density at radius 1 is 1.06 bits per heavy atom. The van der Waals surface area contributed by atoms with Crippen molar-refractivity contribution in [3.05, 3.63) is 33.8 Å². The molecule has 4 nitrogen and oxygen atoms in total. The third kappa shape index (κ3) is 1.29. The number of ether oxygens (including phenoxy) is 2. The Labute approximate surface area is 101 Å². The van der Waals surface area contributed by atoms with E-state index in [0.29, 0.717) is 11.1 Å². The summed E-state index contributed by atoms with van der Waals surface area (Å²) in [5, 5.41) is 0. The molecule has 1 aliphatic rings. The van der Waals surface area contributed by atoms with Crippen LogP contribution in [0.1, 0.15) is 20.7 Å². The second-order valence-corrected chi connectivity index (χ2v) is 4.29. The van der Waals surface area contributed by atoms with E-state index in [9.17, 15) is 9.59 Å². The molecule has 16 heavy (non-hydrogen) atoms. The fourth-order valence-electron chi connectivity index (χ4n) is 1.81. The summed E-state index contributed by atoms with van der Waals surface area (Å²) in [4.78, 5) is 24.1. The molecule has 84 valence electrons. The number of fused-ring (bicyclic) bond motifs is 1. The molecule has 0 spiro atoms. The largest absolute Gasteiger partial charge is 0.341 e. The number of halogens is 1. The van der Waals surface area contributed by atoms with Crippen molar-refractivity contribution in [3.63, 3.8) is 0 Å². The summed E-state index contributed by atoms with van der Waals surface area (Å²) in [6.07, 6.45) is 0. The van der Waals surface area contributed by atoms with Crippen molar-refractivity contribution in [2.75, 3.05) is 14.2 Å². The van der Waals surface area contributed by atoms with Gasteiger partial charge in [0.15, 0.2) is 0 Å². The molecule has 0 N–H and O–H groups in total. The average Bonchev–Trinajstić information content (AvgIpc) is 2.49. The number of rotatable bonds is 2. The molecule has 0 aromatic heterocycles. The van der Waals surface area contributed by atoms with Gasteiger partial charge in [-0.2, -0.15) is 0 Å². The van der Waals surface area contributed by atoms with Crippen LogP contribution in [0.4, 0.5) is 0 Å². The Kier molecular flexibility index (Phi) is 2.69. The highest BCUT2D eigenvalue weighted by molar-refractivity contribution is 9.10. The lowest BCUT2D eigenvalue weighted by molar-refractivity contribution is -0.133. The van der Waals surface area contributed by atoms with Gasteiger partial charge in [-0.25, -0.2) is 0 Å². The number of hydrogen-bond donors (Lipinski definition) is 0. The van der Waals surface area contributed by atoms with Crippen molar-refractivity contribution in [1.29, 1.82) is 0 Å². The lowest BCUT2D eigenvalue weighted by atomic mass is 10.1. The lowest BCUT2D eigenvalue weighted by Gasteiger charge is -2.21. The molecule has 0 atom stereocenters. The molecule has 0 aliphatic heterocycles. The smallest absolute Gasteiger partial charge is 0.299 e. The molecule has 1 aromatic carbocycles. The van der Waals surface area contributed by atoms with Gasteiger partial charge < -0.3 is 9.47 Å². The first-order chi connectivity index (χ1) is 7.56. The van der Waals surface area contributed by atoms with Crippen molar-refractivity contribution in [1.82, 2.24) is 0 Å². The minimum Gasteiger partial charge on any atom is -0.341 e. The van der Waals surface area contributed by atoms with Crippen LogP contribution in [-0.2, 0) is 9.47 Å². The van der Waals surface area contributed by atoms with Crippen molar-refractivity contribution in [2.24, 2.45) is 0 Å². The van der Waals surface area contributed by atoms with Gasteiger partial charge >= 0.3 is 0 Å². The topological polar surface area (TPSA) is 52.6 Å². The maximum absolute atomic E-state index is 12.1. The SMILES string of the molecule is COC1(OC)C(=O)c2ccc(Br)cc2C1=O. The van der Waals surface area contributed by atoms with E-state index in [4.69, 9.17) is 9.47 Å². The van der Waals surface area contributed by atoms with Gasteiger partial charge in [0.25, 0.3) is 5.79 Å². The van der Waals surface area contributed by atoms with Gasteiger partial charge in [0.1, 0.15) is 0 Å². The van der Waals surface area contributed by atoms with Gasteiger partial charge in [0.2, 0.25) is 11.6 Å². The zero-order chi connectivity index (χ0) is 11.9. The van der Waals surface area contributed by atoms with Gasteiger partial charge in [-0.3, -0.25) is 9.59 Å². The first kappa shape index (κ1) is 11.4. The van der Waals surface area contributed by atoms with Crippen LogP contribution in [0, 0.1) is 0 Å². The minimum absolute atomic E-state index is 0.322. The molecule has 2 rings (SSSR count). The first-order valence-electron chi connectivity index (χ1n) is 4.56. The molecule has 0 bridgehead atoms. The summed E-state index contributed by atoms with van der Waals surface area (Å²) in [7, 11) is 2.56. The second kappa shape index (κ2) is 3.76. The monoisotopic (exact) mass is 284 g/mol. The zero-order valence-corrected chi connectivity index (χ0v) is 10.3. The van der Waals surface area contributed by atoms with Crippen LogP contribution in [0.5, 0.6) is 0 Å². The number of ketones is 2. The molecule has 1 aromatic rings. The fourth-order valence-corrected chi connectivity index (χ4v) is 2.18. The predicted molar refractivity (Wildman–Crippen MR) is 59.6 cm³/mol. The molecule has 1 aliphatic carbocycles. The number of hydrogen-bond acceptors (Lipinski definition) is 4. The van der Waals surface area contributed by atoms with E-state index in [0.717, 1.165) is 4.47 Å². The first-order valence-corrected chi connectivity index (χ1v) is 5.35. The summed E-state index contributed by atoms with van der Waals surface area (Å²) >= 11 is 3.25. The Bertz CT molecular complexity index is 477. The van der Waals surface area contributed by atoms with Crippen LogP contribution < -0.4 is 0 Å². The van der Waals surface area contributed by atoms with Crippen LogP contribution in [0.3, 0.4) is 0 Å². The lowest BCUT2D eigenvalue weighted by Crippen LogP contribution is -2.45. The highest BCUT2D eigenvalue weighted by atomic mass is 79.9. The molecular weight excluding hydrogens is 276 g/mol. The van der Waals surface area contributed by atoms with Gasteiger partial charge in [-0.05, 0) is 18.2 Å². The van der Waals surface area contributed by atoms with E-state index in [1.807, 2.05) is 0 Å². The average molecular weight is 285 g/mol. The number of methoxy groups -OCH3 is 2. The summed E-state index contributed by atoms with van der Waals surface area (Å²) in [6.45, 7) is 0. The van der Waals surface area contributed by atoms with Crippen molar-refractivity contribution >= 4 is 27.5 Å². The van der Waals surface area contributed by atoms with Gasteiger partial charge in [-0.1, -0.05) is 15.9 Å². The van der Waals surface area contributed by atoms with E-state index >= 15 is 0 Å². The van der Waals surface area contributed by atoms with E-state index in [2.05, 4.69) is 15.9 Å². The van der Waals surface area contributed by atoms with E-state index < -0.39 is 17.4 Å². The van der Waals surface area contributed by atoms with Crippen molar-refractivity contribution in [2.45, 2.75) is 5.79 Å². The Hall–Kier alpha value is -1.04. The Morgan fingerprint density at radius 3 is 2.19 bits per heavy atom. The molecule has 0 radical (unpaired) electrons. The summed E-state index contributed by atoms with van der Waals surface area (Å²) in [6, 6.07) is 4.88.